The van der Waals surface area contributed by atoms with Crippen molar-refractivity contribution in [2.24, 2.45) is 0 Å². The van der Waals surface area contributed by atoms with E-state index in [0.29, 0.717) is 23.7 Å². The van der Waals surface area contributed by atoms with E-state index in [1.54, 1.807) is 50.3 Å². The number of nitro groups is 1. The molecule has 0 aliphatic carbocycles. The Kier molecular flexibility index (Phi) is 8.48. The van der Waals surface area contributed by atoms with Crippen LogP contribution in [0, 0.1) is 10.1 Å². The standard InChI is InChI=1S/C24H24N2O8S/c1-4-32-20-11-17(7-10-19(20)33-14-16-5-8-18(9-6-16)26(30)31)12-21-23(28)25(24(29)35-21)13-22(27)34-15(2)3/h5-12,15H,4,13-14H2,1-3H3/b21-12-. The number of amides is 2. The number of non-ortho nitro benzene ring substituents is 1. The topological polar surface area (TPSA) is 125 Å². The summed E-state index contributed by atoms with van der Waals surface area (Å²) in [6, 6.07) is 11.1. The second-order valence-corrected chi connectivity index (χ2v) is 8.65. The third kappa shape index (κ3) is 6.82. The Morgan fingerprint density at radius 3 is 2.46 bits per heavy atom. The maximum absolute atomic E-state index is 12.7. The van der Waals surface area contributed by atoms with E-state index in [4.69, 9.17) is 14.2 Å². The third-order valence-electron chi connectivity index (χ3n) is 4.63. The van der Waals surface area contributed by atoms with Gasteiger partial charge in [-0.3, -0.25) is 29.4 Å². The minimum absolute atomic E-state index is 0.00524. The van der Waals surface area contributed by atoms with Gasteiger partial charge in [-0.1, -0.05) is 6.07 Å². The number of nitro benzene ring substituents is 1. The van der Waals surface area contributed by atoms with Crippen LogP contribution in [0.15, 0.2) is 47.4 Å². The summed E-state index contributed by atoms with van der Waals surface area (Å²) < 4.78 is 16.5. The lowest BCUT2D eigenvalue weighted by Gasteiger charge is -2.13. The summed E-state index contributed by atoms with van der Waals surface area (Å²) in [6.07, 6.45) is 1.19. The van der Waals surface area contributed by atoms with E-state index in [1.165, 1.54) is 12.1 Å². The molecule has 2 amide bonds. The van der Waals surface area contributed by atoms with Crippen LogP contribution in [0.25, 0.3) is 6.08 Å². The van der Waals surface area contributed by atoms with Gasteiger partial charge in [0.25, 0.3) is 16.8 Å². The van der Waals surface area contributed by atoms with E-state index in [-0.39, 0.29) is 23.3 Å². The molecule has 1 heterocycles. The average molecular weight is 501 g/mol. The molecule has 2 aromatic carbocycles. The Morgan fingerprint density at radius 2 is 1.83 bits per heavy atom. The minimum atomic E-state index is -0.656. The number of esters is 1. The number of rotatable bonds is 10. The summed E-state index contributed by atoms with van der Waals surface area (Å²) >= 11 is 0.742. The SMILES string of the molecule is CCOc1cc(/C=C2\SC(=O)N(CC(=O)OC(C)C)C2=O)ccc1OCc1ccc([N+](=O)[O-])cc1. The number of hydrogen-bond acceptors (Lipinski definition) is 9. The number of nitrogens with zero attached hydrogens (tertiary/aromatic N) is 2. The maximum Gasteiger partial charge on any atom is 0.326 e. The van der Waals surface area contributed by atoms with Crippen molar-refractivity contribution in [2.45, 2.75) is 33.5 Å². The Bertz CT molecular complexity index is 1160. The lowest BCUT2D eigenvalue weighted by atomic mass is 10.1. The van der Waals surface area contributed by atoms with E-state index >= 15 is 0 Å². The average Bonchev–Trinajstić information content (AvgIpc) is 3.05. The predicted octanol–water partition coefficient (Wildman–Crippen LogP) is 4.56. The largest absolute Gasteiger partial charge is 0.490 e. The van der Waals surface area contributed by atoms with Gasteiger partial charge in [-0.2, -0.15) is 0 Å². The Hall–Kier alpha value is -3.86. The second-order valence-electron chi connectivity index (χ2n) is 7.66. The molecular weight excluding hydrogens is 476 g/mol. The predicted molar refractivity (Wildman–Crippen MR) is 129 cm³/mol. The summed E-state index contributed by atoms with van der Waals surface area (Å²) in [7, 11) is 0. The van der Waals surface area contributed by atoms with E-state index in [2.05, 4.69) is 0 Å². The first-order valence-corrected chi connectivity index (χ1v) is 11.6. The maximum atomic E-state index is 12.7. The number of imide groups is 1. The van der Waals surface area contributed by atoms with Gasteiger partial charge in [0.15, 0.2) is 11.5 Å². The summed E-state index contributed by atoms with van der Waals surface area (Å²) in [4.78, 5) is 48.1. The molecule has 0 bridgehead atoms. The van der Waals surface area contributed by atoms with Crippen molar-refractivity contribution in [1.82, 2.24) is 4.90 Å². The van der Waals surface area contributed by atoms with Gasteiger partial charge >= 0.3 is 5.97 Å². The number of carbonyl (C=O) groups excluding carboxylic acids is 3. The summed E-state index contributed by atoms with van der Waals surface area (Å²) in [5.41, 5.74) is 1.34. The van der Waals surface area contributed by atoms with Crippen LogP contribution in [0.3, 0.4) is 0 Å². The molecule has 184 valence electrons. The fraction of sp³-hybridized carbons (Fsp3) is 0.292. The Balaban J connectivity index is 1.73. The minimum Gasteiger partial charge on any atom is -0.490 e. The van der Waals surface area contributed by atoms with Crippen LogP contribution < -0.4 is 9.47 Å². The molecule has 0 atom stereocenters. The summed E-state index contributed by atoms with van der Waals surface area (Å²) in [5, 5.41) is 10.2. The molecule has 1 saturated heterocycles. The van der Waals surface area contributed by atoms with Crippen LogP contribution >= 0.6 is 11.8 Å². The molecule has 11 heteroatoms. The van der Waals surface area contributed by atoms with Crippen molar-refractivity contribution in [2.75, 3.05) is 13.2 Å². The highest BCUT2D eigenvalue weighted by Gasteiger charge is 2.36. The summed E-state index contributed by atoms with van der Waals surface area (Å²) in [6.45, 7) is 5.27. The van der Waals surface area contributed by atoms with Gasteiger partial charge in [-0.25, -0.2) is 0 Å². The van der Waals surface area contributed by atoms with Gasteiger partial charge in [-0.05, 0) is 74.0 Å². The van der Waals surface area contributed by atoms with Crippen LogP contribution in [-0.4, -0.2) is 46.2 Å². The second kappa shape index (κ2) is 11.5. The molecule has 3 rings (SSSR count). The van der Waals surface area contributed by atoms with Crippen molar-refractivity contribution in [1.29, 1.82) is 0 Å². The van der Waals surface area contributed by atoms with E-state index in [1.807, 2.05) is 6.92 Å². The molecule has 0 radical (unpaired) electrons. The summed E-state index contributed by atoms with van der Waals surface area (Å²) in [5.74, 6) is -0.344. The molecule has 1 fully saturated rings. The van der Waals surface area contributed by atoms with Crippen molar-refractivity contribution >= 4 is 40.6 Å². The number of carbonyl (C=O) groups is 3. The number of benzene rings is 2. The Morgan fingerprint density at radius 1 is 1.11 bits per heavy atom. The Labute approximate surface area is 206 Å². The van der Waals surface area contributed by atoms with E-state index in [0.717, 1.165) is 22.2 Å². The highest BCUT2D eigenvalue weighted by atomic mass is 32.2. The molecule has 35 heavy (non-hydrogen) atoms. The van der Waals surface area contributed by atoms with Crippen molar-refractivity contribution in [3.63, 3.8) is 0 Å². The number of ether oxygens (including phenoxy) is 3. The molecule has 0 saturated carbocycles. The van der Waals surface area contributed by atoms with Crippen LogP contribution in [0.2, 0.25) is 0 Å². The fourth-order valence-corrected chi connectivity index (χ4v) is 3.93. The van der Waals surface area contributed by atoms with Gasteiger partial charge in [0, 0.05) is 12.1 Å². The quantitative estimate of drug-likeness (QED) is 0.200. The van der Waals surface area contributed by atoms with Gasteiger partial charge in [0.1, 0.15) is 13.2 Å². The van der Waals surface area contributed by atoms with Crippen molar-refractivity contribution < 1.29 is 33.5 Å². The van der Waals surface area contributed by atoms with Gasteiger partial charge in [-0.15, -0.1) is 0 Å². The zero-order valence-corrected chi connectivity index (χ0v) is 20.2. The van der Waals surface area contributed by atoms with Crippen LogP contribution in [-0.2, 0) is 20.9 Å². The molecule has 0 N–H and O–H groups in total. The van der Waals surface area contributed by atoms with E-state index < -0.39 is 28.6 Å². The lowest BCUT2D eigenvalue weighted by molar-refractivity contribution is -0.384. The molecule has 10 nitrogen and oxygen atoms in total. The zero-order valence-electron chi connectivity index (χ0n) is 19.4. The highest BCUT2D eigenvalue weighted by molar-refractivity contribution is 8.18. The molecule has 0 unspecified atom stereocenters. The number of hydrogen-bond donors (Lipinski definition) is 0. The zero-order chi connectivity index (χ0) is 25.5. The molecule has 0 aromatic heterocycles. The fourth-order valence-electron chi connectivity index (χ4n) is 3.09. The molecule has 1 aliphatic heterocycles. The molecule has 1 aliphatic rings. The van der Waals surface area contributed by atoms with Gasteiger partial charge in [0.05, 0.1) is 22.5 Å². The monoisotopic (exact) mass is 500 g/mol. The van der Waals surface area contributed by atoms with Crippen LogP contribution in [0.5, 0.6) is 11.5 Å². The van der Waals surface area contributed by atoms with Crippen LogP contribution in [0.4, 0.5) is 10.5 Å². The third-order valence-corrected chi connectivity index (χ3v) is 5.54. The van der Waals surface area contributed by atoms with Gasteiger partial charge < -0.3 is 14.2 Å². The lowest BCUT2D eigenvalue weighted by Crippen LogP contribution is -2.35. The first-order valence-electron chi connectivity index (χ1n) is 10.8. The first-order chi connectivity index (χ1) is 16.7. The van der Waals surface area contributed by atoms with Gasteiger partial charge in [0.2, 0.25) is 0 Å². The highest BCUT2D eigenvalue weighted by Crippen LogP contribution is 2.35. The van der Waals surface area contributed by atoms with Crippen LogP contribution in [0.1, 0.15) is 31.9 Å². The normalized spacial score (nSPS) is 14.5. The molecule has 2 aromatic rings. The molecular formula is C24H24N2O8S. The molecule has 0 spiro atoms. The van der Waals surface area contributed by atoms with E-state index in [9.17, 15) is 24.5 Å². The number of thioether (sulfide) groups is 1. The van der Waals surface area contributed by atoms with Crippen molar-refractivity contribution in [3.05, 3.63) is 68.6 Å². The first kappa shape index (κ1) is 25.8. The smallest absolute Gasteiger partial charge is 0.326 e. The van der Waals surface area contributed by atoms with Crippen molar-refractivity contribution in [3.8, 4) is 11.5 Å².